The highest BCUT2D eigenvalue weighted by Crippen LogP contribution is 2.24. The second kappa shape index (κ2) is 11.4. The van der Waals surface area contributed by atoms with E-state index in [0.29, 0.717) is 13.2 Å². The number of nitrogens with zero attached hydrogens (tertiary/aromatic N) is 2. The van der Waals surface area contributed by atoms with Crippen molar-refractivity contribution in [1.29, 1.82) is 0 Å². The van der Waals surface area contributed by atoms with Gasteiger partial charge in [0.15, 0.2) is 5.96 Å². The average Bonchev–Trinajstić information content (AvgIpc) is 3.20. The molecule has 3 rings (SSSR count). The van der Waals surface area contributed by atoms with Crippen LogP contribution >= 0.6 is 39.9 Å². The predicted octanol–water partition coefficient (Wildman–Crippen LogP) is 3.42. The van der Waals surface area contributed by atoms with Gasteiger partial charge in [-0.2, -0.15) is 0 Å². The van der Waals surface area contributed by atoms with Crippen LogP contribution in [0, 0.1) is 0 Å². The van der Waals surface area contributed by atoms with Crippen molar-refractivity contribution in [2.45, 2.75) is 38.5 Å². The number of morpholine rings is 1. The maximum Gasteiger partial charge on any atom is 0.194 e. The molecule has 0 aliphatic carbocycles. The van der Waals surface area contributed by atoms with Crippen LogP contribution in [0.3, 0.4) is 0 Å². The zero-order valence-electron chi connectivity index (χ0n) is 15.9. The van der Waals surface area contributed by atoms with Crippen LogP contribution in [0.5, 0.6) is 5.75 Å². The Balaban J connectivity index is 0.00000261. The zero-order chi connectivity index (χ0) is 18.4. The minimum absolute atomic E-state index is 0. The van der Waals surface area contributed by atoms with Gasteiger partial charge in [-0.3, -0.25) is 0 Å². The largest absolute Gasteiger partial charge is 0.496 e. The zero-order valence-corrected chi connectivity index (χ0v) is 19.9. The summed E-state index contributed by atoms with van der Waals surface area (Å²) in [6.07, 6.45) is 2.55. The third-order valence-electron chi connectivity index (χ3n) is 4.75. The molecule has 0 aromatic heterocycles. The third-order valence-corrected chi connectivity index (χ3v) is 5.24. The van der Waals surface area contributed by atoms with Gasteiger partial charge in [0.05, 0.1) is 26.4 Å². The first-order valence-corrected chi connectivity index (χ1v) is 10.1. The minimum atomic E-state index is 0. The quantitative estimate of drug-likeness (QED) is 0.344. The van der Waals surface area contributed by atoms with E-state index in [0.717, 1.165) is 60.8 Å². The summed E-state index contributed by atoms with van der Waals surface area (Å²) in [5.41, 5.74) is 1.06. The maximum atomic E-state index is 5.96. The van der Waals surface area contributed by atoms with Gasteiger partial charge in [0.25, 0.3) is 0 Å². The second-order valence-electron chi connectivity index (χ2n) is 6.53. The van der Waals surface area contributed by atoms with Gasteiger partial charge in [-0.1, -0.05) is 15.9 Å². The lowest BCUT2D eigenvalue weighted by Crippen LogP contribution is -2.53. The third kappa shape index (κ3) is 6.20. The van der Waals surface area contributed by atoms with Crippen LogP contribution in [0.4, 0.5) is 0 Å². The number of hydrogen-bond acceptors (Lipinski definition) is 4. The fourth-order valence-corrected chi connectivity index (χ4v) is 3.85. The van der Waals surface area contributed by atoms with Crippen molar-refractivity contribution in [2.75, 3.05) is 40.0 Å². The number of halogens is 2. The first-order valence-electron chi connectivity index (χ1n) is 9.30. The molecular weight excluding hydrogens is 525 g/mol. The van der Waals surface area contributed by atoms with Gasteiger partial charge in [0.1, 0.15) is 11.9 Å². The minimum Gasteiger partial charge on any atom is -0.496 e. The smallest absolute Gasteiger partial charge is 0.194 e. The van der Waals surface area contributed by atoms with Gasteiger partial charge in [0, 0.05) is 36.3 Å². The number of hydrogen-bond donors (Lipinski definition) is 1. The van der Waals surface area contributed by atoms with E-state index in [4.69, 9.17) is 19.2 Å². The van der Waals surface area contributed by atoms with Crippen molar-refractivity contribution >= 4 is 45.9 Å². The molecule has 27 heavy (non-hydrogen) atoms. The standard InChI is InChI=1S/C19H28BrN3O3.HI/c1-3-21-19(22-12-14-11-15(20)6-7-16(14)24-2)23-8-10-26-18(13-23)17-5-4-9-25-17;/h6-7,11,17-18H,3-5,8-10,12-13H2,1-2H3,(H,21,22);1H. The van der Waals surface area contributed by atoms with Crippen molar-refractivity contribution in [3.05, 3.63) is 28.2 Å². The van der Waals surface area contributed by atoms with E-state index in [2.05, 4.69) is 39.1 Å². The molecule has 152 valence electrons. The lowest BCUT2D eigenvalue weighted by molar-refractivity contribution is -0.0817. The lowest BCUT2D eigenvalue weighted by atomic mass is 10.1. The molecular formula is C19H29BrIN3O3. The van der Waals surface area contributed by atoms with E-state index in [9.17, 15) is 0 Å². The molecule has 2 unspecified atom stereocenters. The van der Waals surface area contributed by atoms with Crippen LogP contribution in [0.2, 0.25) is 0 Å². The molecule has 2 aliphatic heterocycles. The molecule has 2 aliphatic rings. The predicted molar refractivity (Wildman–Crippen MR) is 121 cm³/mol. The summed E-state index contributed by atoms with van der Waals surface area (Å²) >= 11 is 3.52. The fourth-order valence-electron chi connectivity index (χ4n) is 3.45. The van der Waals surface area contributed by atoms with Crippen LogP contribution < -0.4 is 10.1 Å². The number of rotatable bonds is 5. The molecule has 2 saturated heterocycles. The summed E-state index contributed by atoms with van der Waals surface area (Å²) in [5.74, 6) is 1.77. The highest BCUT2D eigenvalue weighted by atomic mass is 127. The van der Waals surface area contributed by atoms with E-state index in [1.54, 1.807) is 7.11 Å². The van der Waals surface area contributed by atoms with Crippen molar-refractivity contribution in [1.82, 2.24) is 10.2 Å². The Morgan fingerprint density at radius 1 is 1.33 bits per heavy atom. The average molecular weight is 554 g/mol. The molecule has 2 fully saturated rings. The van der Waals surface area contributed by atoms with E-state index < -0.39 is 0 Å². The normalized spacial score (nSPS) is 23.1. The molecule has 0 saturated carbocycles. The highest BCUT2D eigenvalue weighted by Gasteiger charge is 2.32. The summed E-state index contributed by atoms with van der Waals surface area (Å²) in [6.45, 7) is 6.68. The topological polar surface area (TPSA) is 55.3 Å². The van der Waals surface area contributed by atoms with Crippen LogP contribution in [0.25, 0.3) is 0 Å². The van der Waals surface area contributed by atoms with E-state index >= 15 is 0 Å². The van der Waals surface area contributed by atoms with E-state index in [1.165, 1.54) is 0 Å². The van der Waals surface area contributed by atoms with Crippen LogP contribution in [0.1, 0.15) is 25.3 Å². The number of benzene rings is 1. The van der Waals surface area contributed by atoms with Gasteiger partial charge in [-0.25, -0.2) is 4.99 Å². The number of aliphatic imine (C=N–C) groups is 1. The number of nitrogens with one attached hydrogen (secondary N) is 1. The molecule has 6 nitrogen and oxygen atoms in total. The fraction of sp³-hybridized carbons (Fsp3) is 0.632. The highest BCUT2D eigenvalue weighted by molar-refractivity contribution is 14.0. The number of guanidine groups is 1. The Bertz CT molecular complexity index is 626. The van der Waals surface area contributed by atoms with E-state index in [-0.39, 0.29) is 36.2 Å². The molecule has 1 aromatic carbocycles. The SMILES string of the molecule is CCNC(=NCc1cc(Br)ccc1OC)N1CCOC(C2CCCO2)C1.I. The first-order chi connectivity index (χ1) is 12.7. The summed E-state index contributed by atoms with van der Waals surface area (Å²) in [6, 6.07) is 6.00. The monoisotopic (exact) mass is 553 g/mol. The maximum absolute atomic E-state index is 5.96. The molecule has 2 heterocycles. The van der Waals surface area contributed by atoms with Gasteiger partial charge >= 0.3 is 0 Å². The van der Waals surface area contributed by atoms with Crippen molar-refractivity contribution in [2.24, 2.45) is 4.99 Å². The molecule has 0 amide bonds. The van der Waals surface area contributed by atoms with Crippen molar-refractivity contribution in [3.63, 3.8) is 0 Å². The Labute approximate surface area is 187 Å². The van der Waals surface area contributed by atoms with Crippen molar-refractivity contribution < 1.29 is 14.2 Å². The molecule has 0 bridgehead atoms. The molecule has 1 N–H and O–H groups in total. The second-order valence-corrected chi connectivity index (χ2v) is 7.45. The van der Waals surface area contributed by atoms with Crippen LogP contribution in [-0.2, 0) is 16.0 Å². The molecule has 2 atom stereocenters. The molecule has 1 aromatic rings. The first kappa shape index (κ1) is 22.7. The summed E-state index contributed by atoms with van der Waals surface area (Å²) in [4.78, 5) is 7.13. The summed E-state index contributed by atoms with van der Waals surface area (Å²) < 4.78 is 18.3. The number of ether oxygens (including phenoxy) is 3. The van der Waals surface area contributed by atoms with Crippen LogP contribution in [-0.4, -0.2) is 63.0 Å². The molecule has 8 heteroatoms. The summed E-state index contributed by atoms with van der Waals surface area (Å²) in [5, 5.41) is 3.41. The Hall–Kier alpha value is -0.580. The van der Waals surface area contributed by atoms with Crippen molar-refractivity contribution in [3.8, 4) is 5.75 Å². The Kier molecular flexibility index (Phi) is 9.61. The molecule has 0 spiro atoms. The number of methoxy groups -OCH3 is 1. The lowest BCUT2D eigenvalue weighted by Gasteiger charge is -2.37. The van der Waals surface area contributed by atoms with Gasteiger partial charge in [-0.05, 0) is 38.0 Å². The summed E-state index contributed by atoms with van der Waals surface area (Å²) in [7, 11) is 1.69. The Morgan fingerprint density at radius 3 is 2.85 bits per heavy atom. The van der Waals surface area contributed by atoms with E-state index in [1.807, 2.05) is 12.1 Å². The van der Waals surface area contributed by atoms with Gasteiger partial charge in [0.2, 0.25) is 0 Å². The Morgan fingerprint density at radius 2 is 2.15 bits per heavy atom. The van der Waals surface area contributed by atoms with Crippen LogP contribution in [0.15, 0.2) is 27.7 Å². The van der Waals surface area contributed by atoms with Gasteiger partial charge < -0.3 is 24.4 Å². The molecule has 0 radical (unpaired) electrons. The van der Waals surface area contributed by atoms with Gasteiger partial charge in [-0.15, -0.1) is 24.0 Å².